The third-order valence-corrected chi connectivity index (χ3v) is 3.68. The van der Waals surface area contributed by atoms with Gasteiger partial charge in [-0.05, 0) is 34.6 Å². The topological polar surface area (TPSA) is 85.9 Å². The lowest BCUT2D eigenvalue weighted by atomic mass is 10.1. The van der Waals surface area contributed by atoms with Crippen LogP contribution in [0, 0.1) is 17.0 Å². The maximum absolute atomic E-state index is 11.1. The summed E-state index contributed by atoms with van der Waals surface area (Å²) >= 11 is 5.79. The molecule has 0 aliphatic heterocycles. The Bertz CT molecular complexity index is 736. The molecule has 8 heteroatoms. The summed E-state index contributed by atoms with van der Waals surface area (Å²) in [6, 6.07) is 1.10. The van der Waals surface area contributed by atoms with E-state index in [1.807, 2.05) is 24.7 Å². The normalized spacial score (nSPS) is 13.0. The highest BCUT2D eigenvalue weighted by Crippen LogP contribution is 2.29. The van der Waals surface area contributed by atoms with E-state index in [9.17, 15) is 10.1 Å². The van der Waals surface area contributed by atoms with E-state index in [2.05, 4.69) is 36.2 Å². The highest BCUT2D eigenvalue weighted by Gasteiger charge is 2.22. The van der Waals surface area contributed by atoms with Crippen molar-refractivity contribution in [2.24, 2.45) is 0 Å². The van der Waals surface area contributed by atoms with Crippen LogP contribution in [0.5, 0.6) is 0 Å². The molecule has 0 radical (unpaired) electrons. The minimum Gasteiger partial charge on any atom is -0.358 e. The van der Waals surface area contributed by atoms with Gasteiger partial charge in [-0.25, -0.2) is 4.98 Å². The van der Waals surface area contributed by atoms with Gasteiger partial charge in [0.2, 0.25) is 5.82 Å². The van der Waals surface area contributed by atoms with Crippen LogP contribution >= 0.6 is 11.6 Å². The Balaban J connectivity index is 2.32. The minimum absolute atomic E-state index is 0.132. The largest absolute Gasteiger partial charge is 0.358 e. The van der Waals surface area contributed by atoms with Gasteiger partial charge in [0, 0.05) is 24.0 Å². The summed E-state index contributed by atoms with van der Waals surface area (Å²) in [5.41, 5.74) is 1.56. The molecule has 2 rings (SSSR count). The molecule has 124 valence electrons. The third-order valence-electron chi connectivity index (χ3n) is 3.47. The lowest BCUT2D eigenvalue weighted by molar-refractivity contribution is -0.384. The van der Waals surface area contributed by atoms with Crippen LogP contribution in [0.4, 0.5) is 11.5 Å². The number of aryl methyl sites for hydroxylation is 1. The summed E-state index contributed by atoms with van der Waals surface area (Å²) in [6.07, 6.45) is 3.34. The number of halogens is 1. The van der Waals surface area contributed by atoms with E-state index in [1.165, 1.54) is 12.3 Å². The Morgan fingerprint density at radius 1 is 1.43 bits per heavy atom. The number of nitrogens with zero attached hydrogens (tertiary/aromatic N) is 4. The lowest BCUT2D eigenvalue weighted by Gasteiger charge is -2.19. The van der Waals surface area contributed by atoms with Gasteiger partial charge in [0.1, 0.15) is 0 Å². The number of hydrogen-bond acceptors (Lipinski definition) is 5. The fourth-order valence-electron chi connectivity index (χ4n) is 2.20. The van der Waals surface area contributed by atoms with Crippen molar-refractivity contribution in [2.45, 2.75) is 46.2 Å². The van der Waals surface area contributed by atoms with Crippen molar-refractivity contribution in [2.75, 3.05) is 5.32 Å². The highest BCUT2D eigenvalue weighted by atomic mass is 35.5. The second kappa shape index (κ2) is 6.16. The van der Waals surface area contributed by atoms with Crippen molar-refractivity contribution in [1.82, 2.24) is 14.8 Å². The molecule has 2 heterocycles. The molecule has 23 heavy (non-hydrogen) atoms. The number of nitrogens with one attached hydrogen (secondary N) is 1. The van der Waals surface area contributed by atoms with E-state index in [0.717, 1.165) is 11.3 Å². The Morgan fingerprint density at radius 2 is 2.09 bits per heavy atom. The second-order valence-corrected chi connectivity index (χ2v) is 6.87. The van der Waals surface area contributed by atoms with Gasteiger partial charge in [0.15, 0.2) is 0 Å². The summed E-state index contributed by atoms with van der Waals surface area (Å²) in [5.74, 6) is 0.190. The van der Waals surface area contributed by atoms with Crippen molar-refractivity contribution in [3.05, 3.63) is 44.9 Å². The Morgan fingerprint density at radius 3 is 2.61 bits per heavy atom. The molecule has 0 aliphatic carbocycles. The van der Waals surface area contributed by atoms with Crippen molar-refractivity contribution >= 4 is 23.1 Å². The van der Waals surface area contributed by atoms with E-state index in [1.54, 1.807) is 0 Å². The quantitative estimate of drug-likeness (QED) is 0.671. The first-order valence-corrected chi connectivity index (χ1v) is 7.60. The molecule has 0 aromatic carbocycles. The zero-order valence-corrected chi connectivity index (χ0v) is 14.5. The van der Waals surface area contributed by atoms with E-state index in [-0.39, 0.29) is 28.1 Å². The van der Waals surface area contributed by atoms with Gasteiger partial charge in [0.05, 0.1) is 27.2 Å². The number of pyridine rings is 1. The first-order valence-electron chi connectivity index (χ1n) is 7.22. The predicted octanol–water partition coefficient (Wildman–Crippen LogP) is 4.08. The van der Waals surface area contributed by atoms with Gasteiger partial charge in [-0.2, -0.15) is 5.10 Å². The molecular weight excluding hydrogens is 318 g/mol. The smallest absolute Gasteiger partial charge is 0.312 e. The molecule has 0 spiro atoms. The summed E-state index contributed by atoms with van der Waals surface area (Å²) in [4.78, 5) is 14.7. The van der Waals surface area contributed by atoms with Crippen LogP contribution in [0.25, 0.3) is 0 Å². The zero-order chi connectivity index (χ0) is 17.4. The maximum Gasteiger partial charge on any atom is 0.312 e. The van der Waals surface area contributed by atoms with Gasteiger partial charge >= 0.3 is 5.69 Å². The van der Waals surface area contributed by atoms with Crippen LogP contribution in [-0.4, -0.2) is 19.7 Å². The molecule has 0 aliphatic rings. The first-order chi connectivity index (χ1) is 10.6. The van der Waals surface area contributed by atoms with Gasteiger partial charge in [-0.3, -0.25) is 14.8 Å². The number of hydrogen-bond donors (Lipinski definition) is 1. The van der Waals surface area contributed by atoms with E-state index in [4.69, 9.17) is 11.6 Å². The first kappa shape index (κ1) is 17.2. The van der Waals surface area contributed by atoms with E-state index >= 15 is 0 Å². The third kappa shape index (κ3) is 3.79. The number of nitro groups is 1. The fourth-order valence-corrected chi connectivity index (χ4v) is 2.36. The average Bonchev–Trinajstić information content (AvgIpc) is 2.82. The number of rotatable bonds is 4. The van der Waals surface area contributed by atoms with Crippen molar-refractivity contribution in [3.63, 3.8) is 0 Å². The van der Waals surface area contributed by atoms with Gasteiger partial charge in [-0.1, -0.05) is 11.6 Å². The molecule has 7 nitrogen and oxygen atoms in total. The molecule has 0 saturated heterocycles. The Kier molecular flexibility index (Phi) is 4.61. The van der Waals surface area contributed by atoms with Crippen LogP contribution < -0.4 is 5.32 Å². The van der Waals surface area contributed by atoms with E-state index in [0.29, 0.717) is 0 Å². The molecule has 0 bridgehead atoms. The summed E-state index contributed by atoms with van der Waals surface area (Å²) < 4.78 is 1.89. The minimum atomic E-state index is -0.501. The van der Waals surface area contributed by atoms with Crippen molar-refractivity contribution in [3.8, 4) is 0 Å². The fraction of sp³-hybridized carbons (Fsp3) is 0.467. The molecule has 1 atom stereocenters. The molecule has 2 aromatic heterocycles. The maximum atomic E-state index is 11.1. The SMILES string of the molecule is Cc1nn(C(C)(C)C)cc1C(C)Nc1ncc(Cl)cc1[N+](=O)[O-]. The number of aromatic nitrogens is 3. The Hall–Kier alpha value is -2.15. The van der Waals surface area contributed by atoms with Crippen LogP contribution in [0.15, 0.2) is 18.5 Å². The Labute approximate surface area is 139 Å². The van der Waals surface area contributed by atoms with Crippen molar-refractivity contribution < 1.29 is 4.92 Å². The van der Waals surface area contributed by atoms with Crippen molar-refractivity contribution in [1.29, 1.82) is 0 Å². The molecule has 0 saturated carbocycles. The van der Waals surface area contributed by atoms with E-state index < -0.39 is 4.92 Å². The molecular formula is C15H20ClN5O2. The number of anilines is 1. The van der Waals surface area contributed by atoms with Crippen LogP contribution in [0.3, 0.4) is 0 Å². The van der Waals surface area contributed by atoms with Crippen LogP contribution in [-0.2, 0) is 5.54 Å². The van der Waals surface area contributed by atoms with Gasteiger partial charge in [0.25, 0.3) is 0 Å². The predicted molar refractivity (Wildman–Crippen MR) is 89.9 cm³/mol. The summed E-state index contributed by atoms with van der Waals surface area (Å²) in [6.45, 7) is 10.0. The monoisotopic (exact) mass is 337 g/mol. The average molecular weight is 338 g/mol. The summed E-state index contributed by atoms with van der Waals surface area (Å²) in [7, 11) is 0. The standard InChI is InChI=1S/C15H20ClN5O2/c1-9(12-8-20(15(3,4)5)19-10(12)2)18-14-13(21(22)23)6-11(16)7-17-14/h6-9H,1-5H3,(H,17,18). The lowest BCUT2D eigenvalue weighted by Crippen LogP contribution is -2.22. The van der Waals surface area contributed by atoms with Crippen LogP contribution in [0.2, 0.25) is 5.02 Å². The molecule has 0 amide bonds. The summed E-state index contributed by atoms with van der Waals surface area (Å²) in [5, 5.41) is 19.0. The molecule has 1 unspecified atom stereocenters. The highest BCUT2D eigenvalue weighted by molar-refractivity contribution is 6.30. The molecule has 0 fully saturated rings. The second-order valence-electron chi connectivity index (χ2n) is 6.43. The molecule has 1 N–H and O–H groups in total. The van der Waals surface area contributed by atoms with Gasteiger partial charge < -0.3 is 5.32 Å². The molecule has 2 aromatic rings. The van der Waals surface area contributed by atoms with Gasteiger partial charge in [-0.15, -0.1) is 0 Å². The zero-order valence-electron chi connectivity index (χ0n) is 13.8. The van der Waals surface area contributed by atoms with Crippen LogP contribution in [0.1, 0.15) is 45.0 Å².